The third-order valence-electron chi connectivity index (χ3n) is 3.87. The molecule has 5 nitrogen and oxygen atoms in total. The van der Waals surface area contributed by atoms with Crippen molar-refractivity contribution in [2.24, 2.45) is 5.92 Å². The number of nitrogens with one attached hydrogen (secondary N) is 1. The van der Waals surface area contributed by atoms with Gasteiger partial charge in [-0.25, -0.2) is 4.98 Å². The van der Waals surface area contributed by atoms with E-state index in [1.54, 1.807) is 5.38 Å². The highest BCUT2D eigenvalue weighted by Crippen LogP contribution is 2.27. The number of nitrogens with zero attached hydrogens (tertiary/aromatic N) is 1. The molecule has 2 atom stereocenters. The van der Waals surface area contributed by atoms with Crippen LogP contribution < -0.4 is 5.32 Å². The van der Waals surface area contributed by atoms with Gasteiger partial charge in [0.05, 0.1) is 5.92 Å². The molecule has 1 aliphatic carbocycles. The summed E-state index contributed by atoms with van der Waals surface area (Å²) in [6.07, 6.45) is 1.82. The fraction of sp³-hybridized carbons (Fsp3) is 0.312. The Labute approximate surface area is 132 Å². The highest BCUT2D eigenvalue weighted by Gasteiger charge is 2.31. The van der Waals surface area contributed by atoms with Crippen molar-refractivity contribution in [1.82, 2.24) is 10.3 Å². The molecule has 1 heterocycles. The minimum absolute atomic E-state index is 0.0736. The molecule has 2 N–H and O–H groups in total. The maximum absolute atomic E-state index is 12.2. The van der Waals surface area contributed by atoms with Gasteiger partial charge in [-0.05, 0) is 19.3 Å². The predicted molar refractivity (Wildman–Crippen MR) is 83.8 cm³/mol. The minimum atomic E-state index is -0.781. The summed E-state index contributed by atoms with van der Waals surface area (Å²) in [5.41, 5.74) is 1.38. The molecule has 114 valence electrons. The first-order valence-electron chi connectivity index (χ1n) is 7.18. The second-order valence-electron chi connectivity index (χ2n) is 5.42. The van der Waals surface area contributed by atoms with Gasteiger partial charge in [0.15, 0.2) is 0 Å². The van der Waals surface area contributed by atoms with E-state index in [1.807, 2.05) is 30.3 Å². The van der Waals surface area contributed by atoms with Crippen molar-refractivity contribution in [2.45, 2.75) is 25.3 Å². The van der Waals surface area contributed by atoms with Gasteiger partial charge in [-0.2, -0.15) is 0 Å². The van der Waals surface area contributed by atoms with Gasteiger partial charge in [0.1, 0.15) is 10.7 Å². The first kappa shape index (κ1) is 14.7. The average molecular weight is 316 g/mol. The molecule has 1 fully saturated rings. The molecule has 1 amide bonds. The zero-order valence-electron chi connectivity index (χ0n) is 11.9. The predicted octanol–water partition coefficient (Wildman–Crippen LogP) is 2.79. The summed E-state index contributed by atoms with van der Waals surface area (Å²) in [5, 5.41) is 14.4. The number of carboxylic acid groups (broad SMARTS) is 1. The van der Waals surface area contributed by atoms with Crippen LogP contribution in [0.4, 0.5) is 0 Å². The fourth-order valence-corrected chi connectivity index (χ4v) is 3.49. The van der Waals surface area contributed by atoms with Gasteiger partial charge in [0.25, 0.3) is 5.91 Å². The van der Waals surface area contributed by atoms with E-state index in [-0.39, 0.29) is 17.9 Å². The highest BCUT2D eigenvalue weighted by atomic mass is 32.1. The maximum Gasteiger partial charge on any atom is 0.306 e. The van der Waals surface area contributed by atoms with Crippen LogP contribution in [-0.4, -0.2) is 28.0 Å². The van der Waals surface area contributed by atoms with Crippen LogP contribution in [0.15, 0.2) is 35.7 Å². The summed E-state index contributed by atoms with van der Waals surface area (Å²) in [4.78, 5) is 27.5. The molecular formula is C16H16N2O3S. The molecule has 0 spiro atoms. The molecule has 0 bridgehead atoms. The Hall–Kier alpha value is -2.21. The van der Waals surface area contributed by atoms with Gasteiger partial charge in [-0.3, -0.25) is 9.59 Å². The number of rotatable bonds is 4. The molecule has 1 aromatic carbocycles. The van der Waals surface area contributed by atoms with Crippen LogP contribution in [0, 0.1) is 5.92 Å². The van der Waals surface area contributed by atoms with E-state index in [2.05, 4.69) is 10.3 Å². The van der Waals surface area contributed by atoms with E-state index in [9.17, 15) is 9.59 Å². The zero-order chi connectivity index (χ0) is 15.5. The lowest BCUT2D eigenvalue weighted by Gasteiger charge is -2.10. The third kappa shape index (κ3) is 3.17. The lowest BCUT2D eigenvalue weighted by atomic mass is 10.1. The topological polar surface area (TPSA) is 79.3 Å². The molecule has 0 aliphatic heterocycles. The second kappa shape index (κ2) is 6.27. The molecule has 1 aliphatic rings. The number of thiazole rings is 1. The average Bonchev–Trinajstić information content (AvgIpc) is 3.17. The van der Waals surface area contributed by atoms with Crippen molar-refractivity contribution in [2.75, 3.05) is 0 Å². The normalized spacial score (nSPS) is 20.7. The molecule has 1 saturated carbocycles. The van der Waals surface area contributed by atoms with Gasteiger partial charge in [-0.15, -0.1) is 11.3 Å². The Morgan fingerprint density at radius 1 is 1.23 bits per heavy atom. The summed E-state index contributed by atoms with van der Waals surface area (Å²) >= 11 is 1.43. The van der Waals surface area contributed by atoms with E-state index in [0.717, 1.165) is 10.6 Å². The fourth-order valence-electron chi connectivity index (χ4n) is 2.69. The van der Waals surface area contributed by atoms with Crippen molar-refractivity contribution in [3.63, 3.8) is 0 Å². The molecule has 0 radical (unpaired) electrons. The number of aliphatic carboxylic acids is 1. The van der Waals surface area contributed by atoms with Crippen LogP contribution in [0.25, 0.3) is 10.6 Å². The van der Waals surface area contributed by atoms with Crippen LogP contribution in [0.1, 0.15) is 29.8 Å². The second-order valence-corrected chi connectivity index (χ2v) is 6.28. The minimum Gasteiger partial charge on any atom is -0.481 e. The van der Waals surface area contributed by atoms with Gasteiger partial charge >= 0.3 is 5.97 Å². The molecular weight excluding hydrogens is 300 g/mol. The van der Waals surface area contributed by atoms with Crippen molar-refractivity contribution in [3.8, 4) is 10.6 Å². The highest BCUT2D eigenvalue weighted by molar-refractivity contribution is 7.13. The summed E-state index contributed by atoms with van der Waals surface area (Å²) in [6.45, 7) is 0. The van der Waals surface area contributed by atoms with E-state index < -0.39 is 5.97 Å². The van der Waals surface area contributed by atoms with Crippen LogP contribution in [0.5, 0.6) is 0 Å². The van der Waals surface area contributed by atoms with Gasteiger partial charge in [0.2, 0.25) is 0 Å². The molecule has 0 saturated heterocycles. The van der Waals surface area contributed by atoms with E-state index in [1.165, 1.54) is 11.3 Å². The largest absolute Gasteiger partial charge is 0.481 e. The lowest BCUT2D eigenvalue weighted by Crippen LogP contribution is -2.33. The number of benzene rings is 1. The Morgan fingerprint density at radius 2 is 2.00 bits per heavy atom. The smallest absolute Gasteiger partial charge is 0.306 e. The van der Waals surface area contributed by atoms with E-state index in [0.29, 0.717) is 25.0 Å². The first-order valence-corrected chi connectivity index (χ1v) is 8.06. The van der Waals surface area contributed by atoms with Crippen molar-refractivity contribution >= 4 is 23.2 Å². The summed E-state index contributed by atoms with van der Waals surface area (Å²) in [7, 11) is 0. The quantitative estimate of drug-likeness (QED) is 0.909. The van der Waals surface area contributed by atoms with E-state index >= 15 is 0 Å². The van der Waals surface area contributed by atoms with Gasteiger partial charge in [-0.1, -0.05) is 30.3 Å². The Bertz CT molecular complexity index is 684. The number of hydrogen-bond acceptors (Lipinski definition) is 4. The maximum atomic E-state index is 12.2. The molecule has 2 aromatic rings. The third-order valence-corrected chi connectivity index (χ3v) is 4.77. The van der Waals surface area contributed by atoms with Gasteiger partial charge in [0, 0.05) is 17.0 Å². The monoisotopic (exact) mass is 316 g/mol. The lowest BCUT2D eigenvalue weighted by molar-refractivity contribution is -0.141. The molecule has 3 rings (SSSR count). The van der Waals surface area contributed by atoms with Crippen LogP contribution >= 0.6 is 11.3 Å². The van der Waals surface area contributed by atoms with Crippen LogP contribution in [0.3, 0.4) is 0 Å². The van der Waals surface area contributed by atoms with Crippen molar-refractivity contribution in [3.05, 3.63) is 41.4 Å². The summed E-state index contributed by atoms with van der Waals surface area (Å²) < 4.78 is 0. The Morgan fingerprint density at radius 3 is 2.68 bits per heavy atom. The molecule has 22 heavy (non-hydrogen) atoms. The zero-order valence-corrected chi connectivity index (χ0v) is 12.7. The number of carbonyl (C=O) groups is 2. The SMILES string of the molecule is O=C(N[C@@H]1CC[C@H](C(=O)O)C1)c1csc(-c2ccccc2)n1. The van der Waals surface area contributed by atoms with Crippen LogP contribution in [-0.2, 0) is 4.79 Å². The Balaban J connectivity index is 1.64. The van der Waals surface area contributed by atoms with Crippen LogP contribution in [0.2, 0.25) is 0 Å². The standard InChI is InChI=1S/C16H16N2O3S/c19-14(17-12-7-6-11(8-12)16(20)21)13-9-22-15(18-13)10-4-2-1-3-5-10/h1-5,9,11-12H,6-8H2,(H,17,19)(H,20,21)/t11-,12+/m0/s1. The summed E-state index contributed by atoms with van der Waals surface area (Å²) in [5.74, 6) is -1.35. The first-order chi connectivity index (χ1) is 10.6. The van der Waals surface area contributed by atoms with E-state index in [4.69, 9.17) is 5.11 Å². The number of aromatic nitrogens is 1. The number of carbonyl (C=O) groups excluding carboxylic acids is 1. The van der Waals surface area contributed by atoms with Gasteiger partial charge < -0.3 is 10.4 Å². The summed E-state index contributed by atoms with van der Waals surface area (Å²) in [6, 6.07) is 9.63. The number of carboxylic acids is 1. The van der Waals surface area contributed by atoms with Crippen molar-refractivity contribution < 1.29 is 14.7 Å². The Kier molecular flexibility index (Phi) is 4.20. The number of amides is 1. The molecule has 1 aromatic heterocycles. The molecule has 6 heteroatoms. The van der Waals surface area contributed by atoms with Crippen molar-refractivity contribution in [1.29, 1.82) is 0 Å². The number of hydrogen-bond donors (Lipinski definition) is 2. The molecule has 0 unspecified atom stereocenters.